The maximum atomic E-state index is 10.8. The van der Waals surface area contributed by atoms with Gasteiger partial charge in [0.15, 0.2) is 0 Å². The lowest BCUT2D eigenvalue weighted by atomic mass is 10.3. The third kappa shape index (κ3) is 3.62. The first-order valence-electron chi connectivity index (χ1n) is 5.43. The summed E-state index contributed by atoms with van der Waals surface area (Å²) >= 11 is 7.55. The van der Waals surface area contributed by atoms with Crippen LogP contribution in [-0.2, 0) is 5.75 Å². The first kappa shape index (κ1) is 13.7. The van der Waals surface area contributed by atoms with Gasteiger partial charge < -0.3 is 10.8 Å². The number of aromatic carboxylic acids is 1. The number of nitrogens with zero attached hydrogens (tertiary/aromatic N) is 1. The molecular weight excluding hydrogens is 284 g/mol. The van der Waals surface area contributed by atoms with Crippen LogP contribution in [0.1, 0.15) is 16.2 Å². The minimum atomic E-state index is -1.03. The number of nitrogen functional groups attached to an aromatic ring is 1. The first-order valence-corrected chi connectivity index (χ1v) is 6.79. The fraction of sp³-hybridized carbons (Fsp3) is 0.0769. The molecule has 0 fully saturated rings. The Balaban J connectivity index is 2.10. The number of pyridine rings is 1. The first-order chi connectivity index (χ1) is 9.06. The van der Waals surface area contributed by atoms with Crippen molar-refractivity contribution in [3.8, 4) is 0 Å². The highest BCUT2D eigenvalue weighted by Gasteiger charge is 2.07. The van der Waals surface area contributed by atoms with Crippen molar-refractivity contribution >= 4 is 35.0 Å². The van der Waals surface area contributed by atoms with E-state index in [1.165, 1.54) is 17.8 Å². The molecule has 0 radical (unpaired) electrons. The van der Waals surface area contributed by atoms with Crippen LogP contribution in [0.4, 0.5) is 5.69 Å². The number of thioether (sulfide) groups is 1. The number of carbonyl (C=O) groups is 1. The molecule has 0 saturated heterocycles. The molecule has 3 N–H and O–H groups in total. The molecule has 0 aliphatic heterocycles. The van der Waals surface area contributed by atoms with E-state index in [0.717, 1.165) is 4.90 Å². The Hall–Kier alpha value is -1.72. The van der Waals surface area contributed by atoms with E-state index >= 15 is 0 Å². The summed E-state index contributed by atoms with van der Waals surface area (Å²) in [7, 11) is 0. The molecule has 0 aliphatic carbocycles. The number of benzene rings is 1. The molecule has 0 saturated carbocycles. The maximum Gasteiger partial charge on any atom is 0.354 e. The van der Waals surface area contributed by atoms with Crippen molar-refractivity contribution < 1.29 is 9.90 Å². The highest BCUT2D eigenvalue weighted by atomic mass is 35.5. The average molecular weight is 295 g/mol. The van der Waals surface area contributed by atoms with E-state index in [-0.39, 0.29) is 5.69 Å². The number of hydrogen-bond acceptors (Lipinski definition) is 4. The molecule has 0 bridgehead atoms. The van der Waals surface area contributed by atoms with E-state index in [1.54, 1.807) is 24.3 Å². The summed E-state index contributed by atoms with van der Waals surface area (Å²) in [6, 6.07) is 10.2. The molecule has 19 heavy (non-hydrogen) atoms. The number of anilines is 1. The predicted molar refractivity (Wildman–Crippen MR) is 76.6 cm³/mol. The third-order valence-electron chi connectivity index (χ3n) is 2.36. The fourth-order valence-corrected chi connectivity index (χ4v) is 2.64. The molecule has 0 aliphatic rings. The Kier molecular flexibility index (Phi) is 4.29. The maximum absolute atomic E-state index is 10.8. The minimum Gasteiger partial charge on any atom is -0.477 e. The van der Waals surface area contributed by atoms with Crippen molar-refractivity contribution in [3.63, 3.8) is 0 Å². The van der Waals surface area contributed by atoms with E-state index in [9.17, 15) is 4.79 Å². The van der Waals surface area contributed by atoms with Gasteiger partial charge in [-0.05, 0) is 30.3 Å². The summed E-state index contributed by atoms with van der Waals surface area (Å²) in [6.07, 6.45) is 0. The normalized spacial score (nSPS) is 10.4. The molecule has 0 amide bonds. The Labute approximate surface area is 119 Å². The molecule has 0 spiro atoms. The second kappa shape index (κ2) is 5.95. The summed E-state index contributed by atoms with van der Waals surface area (Å²) in [5.41, 5.74) is 6.96. The molecule has 0 unspecified atom stereocenters. The molecule has 98 valence electrons. The van der Waals surface area contributed by atoms with E-state index in [2.05, 4.69) is 4.98 Å². The number of carboxylic acids is 1. The topological polar surface area (TPSA) is 76.2 Å². The van der Waals surface area contributed by atoms with Gasteiger partial charge in [-0.1, -0.05) is 17.7 Å². The Morgan fingerprint density at radius 1 is 1.37 bits per heavy atom. The van der Waals surface area contributed by atoms with Gasteiger partial charge >= 0.3 is 5.97 Å². The van der Waals surface area contributed by atoms with Gasteiger partial charge in [-0.3, -0.25) is 0 Å². The predicted octanol–water partition coefficient (Wildman–Crippen LogP) is 3.31. The second-order valence-electron chi connectivity index (χ2n) is 3.80. The summed E-state index contributed by atoms with van der Waals surface area (Å²) in [4.78, 5) is 15.7. The number of halogens is 1. The van der Waals surface area contributed by atoms with Gasteiger partial charge in [0.25, 0.3) is 0 Å². The van der Waals surface area contributed by atoms with E-state index in [4.69, 9.17) is 22.4 Å². The molecule has 2 rings (SSSR count). The summed E-state index contributed by atoms with van der Waals surface area (Å²) in [6.45, 7) is 0. The summed E-state index contributed by atoms with van der Waals surface area (Å²) in [5.74, 6) is -0.484. The van der Waals surface area contributed by atoms with Gasteiger partial charge in [0.1, 0.15) is 5.69 Å². The number of carboxylic acid groups (broad SMARTS) is 1. The van der Waals surface area contributed by atoms with Crippen LogP contribution in [0.3, 0.4) is 0 Å². The van der Waals surface area contributed by atoms with E-state index in [1.807, 2.05) is 6.07 Å². The largest absolute Gasteiger partial charge is 0.477 e. The zero-order valence-corrected chi connectivity index (χ0v) is 11.4. The van der Waals surface area contributed by atoms with Gasteiger partial charge in [0.05, 0.1) is 10.7 Å². The number of aromatic nitrogens is 1. The van der Waals surface area contributed by atoms with Gasteiger partial charge in [-0.15, -0.1) is 11.8 Å². The van der Waals surface area contributed by atoms with Crippen LogP contribution in [0.25, 0.3) is 0 Å². The second-order valence-corrected chi connectivity index (χ2v) is 5.22. The number of nitrogens with two attached hydrogens (primary N) is 1. The van der Waals surface area contributed by atoms with Crippen molar-refractivity contribution in [1.82, 2.24) is 4.98 Å². The molecule has 4 nitrogen and oxygen atoms in total. The van der Waals surface area contributed by atoms with Crippen LogP contribution in [0.15, 0.2) is 41.3 Å². The van der Waals surface area contributed by atoms with Crippen LogP contribution in [0, 0.1) is 0 Å². The lowest BCUT2D eigenvalue weighted by Gasteiger charge is -2.05. The molecule has 0 atom stereocenters. The Morgan fingerprint density at radius 2 is 2.16 bits per heavy atom. The molecule has 1 aromatic heterocycles. The van der Waals surface area contributed by atoms with Gasteiger partial charge in [-0.25, -0.2) is 9.78 Å². The smallest absolute Gasteiger partial charge is 0.354 e. The van der Waals surface area contributed by atoms with E-state index in [0.29, 0.717) is 22.2 Å². The van der Waals surface area contributed by atoms with Crippen molar-refractivity contribution in [3.05, 3.63) is 52.8 Å². The van der Waals surface area contributed by atoms with Gasteiger partial charge in [-0.2, -0.15) is 0 Å². The lowest BCUT2D eigenvalue weighted by Crippen LogP contribution is -2.01. The fourth-order valence-electron chi connectivity index (χ4n) is 1.46. The highest BCUT2D eigenvalue weighted by Crippen LogP contribution is 2.30. The van der Waals surface area contributed by atoms with Crippen molar-refractivity contribution in [2.75, 3.05) is 5.73 Å². The zero-order chi connectivity index (χ0) is 13.8. The number of hydrogen-bond donors (Lipinski definition) is 2. The molecule has 1 heterocycles. The Bertz CT molecular complexity index is 619. The molecule has 6 heteroatoms. The van der Waals surface area contributed by atoms with Crippen LogP contribution in [0.5, 0.6) is 0 Å². The summed E-state index contributed by atoms with van der Waals surface area (Å²) in [5, 5.41) is 9.45. The lowest BCUT2D eigenvalue weighted by molar-refractivity contribution is 0.0690. The molecule has 1 aromatic carbocycles. The molecular formula is C13H11ClN2O2S. The summed E-state index contributed by atoms with van der Waals surface area (Å²) < 4.78 is 0. The van der Waals surface area contributed by atoms with E-state index < -0.39 is 5.97 Å². The zero-order valence-electron chi connectivity index (χ0n) is 9.84. The quantitative estimate of drug-likeness (QED) is 0.668. The minimum absolute atomic E-state index is 0.0431. The van der Waals surface area contributed by atoms with Crippen molar-refractivity contribution in [2.24, 2.45) is 0 Å². The Morgan fingerprint density at radius 3 is 2.84 bits per heavy atom. The van der Waals surface area contributed by atoms with Crippen LogP contribution >= 0.6 is 23.4 Å². The average Bonchev–Trinajstić information content (AvgIpc) is 2.38. The van der Waals surface area contributed by atoms with Crippen LogP contribution < -0.4 is 5.73 Å². The monoisotopic (exact) mass is 294 g/mol. The third-order valence-corrected chi connectivity index (χ3v) is 3.89. The van der Waals surface area contributed by atoms with Crippen molar-refractivity contribution in [2.45, 2.75) is 10.6 Å². The van der Waals surface area contributed by atoms with Gasteiger partial charge in [0, 0.05) is 16.3 Å². The van der Waals surface area contributed by atoms with Crippen LogP contribution in [0.2, 0.25) is 5.02 Å². The SMILES string of the molecule is Nc1ccc(SCc2cccc(C(=O)O)n2)c(Cl)c1. The highest BCUT2D eigenvalue weighted by molar-refractivity contribution is 7.98. The standard InChI is InChI=1S/C13H11ClN2O2S/c14-10-6-8(15)4-5-12(10)19-7-9-2-1-3-11(16-9)13(17)18/h1-6H,7,15H2,(H,17,18). The number of rotatable bonds is 4. The van der Waals surface area contributed by atoms with Crippen molar-refractivity contribution in [1.29, 1.82) is 0 Å². The van der Waals surface area contributed by atoms with Gasteiger partial charge in [0.2, 0.25) is 0 Å². The van der Waals surface area contributed by atoms with Crippen LogP contribution in [-0.4, -0.2) is 16.1 Å². The molecule has 2 aromatic rings.